The zero-order chi connectivity index (χ0) is 14.1. The number of rotatable bonds is 3. The number of hydrogen-bond donors (Lipinski definition) is 1. The molecule has 1 aromatic carbocycles. The fourth-order valence-corrected chi connectivity index (χ4v) is 3.19. The topological polar surface area (TPSA) is 59.0 Å². The van der Waals surface area contributed by atoms with Crippen LogP contribution in [-0.4, -0.2) is 41.8 Å². The number of nitrogens with zero attached hydrogens (tertiary/aromatic N) is 1. The van der Waals surface area contributed by atoms with Crippen LogP contribution in [0.2, 0.25) is 0 Å². The van der Waals surface area contributed by atoms with E-state index in [2.05, 4.69) is 15.9 Å². The average molecular weight is 379 g/mol. The second-order valence-electron chi connectivity index (χ2n) is 5.05. The fourth-order valence-electron chi connectivity index (χ4n) is 2.74. The van der Waals surface area contributed by atoms with Gasteiger partial charge in [-0.2, -0.15) is 0 Å². The van der Waals surface area contributed by atoms with E-state index in [1.807, 2.05) is 17.0 Å². The van der Waals surface area contributed by atoms with Crippen LogP contribution in [0.25, 0.3) is 0 Å². The van der Waals surface area contributed by atoms with Gasteiger partial charge in [0.05, 0.1) is 0 Å². The Morgan fingerprint density at radius 1 is 1.33 bits per heavy atom. The normalized spacial score (nSPS) is 20.9. The zero-order valence-corrected chi connectivity index (χ0v) is 13.8. The van der Waals surface area contributed by atoms with Crippen LogP contribution < -0.4 is 9.47 Å². The van der Waals surface area contributed by atoms with E-state index in [-0.39, 0.29) is 18.4 Å². The van der Waals surface area contributed by atoms with E-state index < -0.39 is 5.97 Å². The van der Waals surface area contributed by atoms with Crippen LogP contribution in [0.1, 0.15) is 18.4 Å². The third kappa shape index (κ3) is 3.44. The smallest absolute Gasteiger partial charge is 0.320 e. The molecule has 0 amide bonds. The summed E-state index contributed by atoms with van der Waals surface area (Å²) in [5.41, 5.74) is 1.03. The maximum atomic E-state index is 11.2. The Bertz CT molecular complexity index is 540. The van der Waals surface area contributed by atoms with Crippen molar-refractivity contribution in [3.05, 3.63) is 22.2 Å². The van der Waals surface area contributed by atoms with Gasteiger partial charge in [0, 0.05) is 11.0 Å². The van der Waals surface area contributed by atoms with Gasteiger partial charge in [-0.05, 0) is 37.1 Å². The maximum Gasteiger partial charge on any atom is 0.320 e. The van der Waals surface area contributed by atoms with Crippen LogP contribution in [0.4, 0.5) is 0 Å². The van der Waals surface area contributed by atoms with Crippen molar-refractivity contribution >= 4 is 34.3 Å². The molecule has 7 heteroatoms. The Balaban J connectivity index is 0.00000161. The lowest BCUT2D eigenvalue weighted by molar-refractivity contribution is -0.142. The van der Waals surface area contributed by atoms with Gasteiger partial charge in [0.15, 0.2) is 11.5 Å². The molecule has 0 radical (unpaired) electrons. The maximum absolute atomic E-state index is 11.2. The van der Waals surface area contributed by atoms with Gasteiger partial charge in [-0.3, -0.25) is 9.69 Å². The van der Waals surface area contributed by atoms with Gasteiger partial charge in [-0.15, -0.1) is 12.4 Å². The minimum absolute atomic E-state index is 0. The third-order valence-electron chi connectivity index (χ3n) is 3.73. The number of hydrogen-bond acceptors (Lipinski definition) is 4. The minimum atomic E-state index is -0.740. The number of carboxylic acids is 1. The summed E-state index contributed by atoms with van der Waals surface area (Å²) >= 11 is 3.53. The largest absolute Gasteiger partial charge is 0.486 e. The van der Waals surface area contributed by atoms with Crippen LogP contribution in [0.15, 0.2) is 16.6 Å². The summed E-state index contributed by atoms with van der Waals surface area (Å²) < 4.78 is 12.0. The van der Waals surface area contributed by atoms with Crippen molar-refractivity contribution in [2.45, 2.75) is 25.4 Å². The van der Waals surface area contributed by atoms with Crippen molar-refractivity contribution in [2.75, 3.05) is 19.8 Å². The molecule has 2 aliphatic rings. The van der Waals surface area contributed by atoms with E-state index in [0.717, 1.165) is 40.9 Å². The summed E-state index contributed by atoms with van der Waals surface area (Å²) in [5.74, 6) is 0.736. The zero-order valence-electron chi connectivity index (χ0n) is 11.4. The van der Waals surface area contributed by atoms with Gasteiger partial charge in [0.25, 0.3) is 0 Å². The van der Waals surface area contributed by atoms with Gasteiger partial charge in [-0.25, -0.2) is 0 Å². The third-order valence-corrected chi connectivity index (χ3v) is 4.47. The van der Waals surface area contributed by atoms with E-state index in [4.69, 9.17) is 9.47 Å². The highest BCUT2D eigenvalue weighted by Crippen LogP contribution is 2.36. The SMILES string of the molecule is Cl.O=C(O)C1CCCN1Cc1cc2c(cc1Br)OCCO2. The Labute approximate surface area is 137 Å². The summed E-state index contributed by atoms with van der Waals surface area (Å²) in [7, 11) is 0. The van der Waals surface area contributed by atoms with Crippen LogP contribution in [0, 0.1) is 0 Å². The molecule has 2 heterocycles. The summed E-state index contributed by atoms with van der Waals surface area (Å²) in [5, 5.41) is 9.22. The van der Waals surface area contributed by atoms with Crippen molar-refractivity contribution in [2.24, 2.45) is 0 Å². The molecule has 1 aromatic rings. The molecule has 1 atom stereocenters. The lowest BCUT2D eigenvalue weighted by Gasteiger charge is -2.24. The molecule has 2 aliphatic heterocycles. The molecule has 0 bridgehead atoms. The quantitative estimate of drug-likeness (QED) is 0.876. The van der Waals surface area contributed by atoms with Crippen molar-refractivity contribution in [3.63, 3.8) is 0 Å². The minimum Gasteiger partial charge on any atom is -0.486 e. The van der Waals surface area contributed by atoms with Crippen molar-refractivity contribution in [1.82, 2.24) is 4.90 Å². The van der Waals surface area contributed by atoms with Crippen LogP contribution in [0.3, 0.4) is 0 Å². The van der Waals surface area contributed by atoms with Crippen molar-refractivity contribution in [3.8, 4) is 11.5 Å². The molecule has 0 aromatic heterocycles. The van der Waals surface area contributed by atoms with Crippen LogP contribution >= 0.6 is 28.3 Å². The highest BCUT2D eigenvalue weighted by Gasteiger charge is 2.31. The van der Waals surface area contributed by atoms with Gasteiger partial charge in [-0.1, -0.05) is 15.9 Å². The molecule has 116 valence electrons. The average Bonchev–Trinajstić information content (AvgIpc) is 2.88. The first-order valence-electron chi connectivity index (χ1n) is 6.70. The number of likely N-dealkylation sites (tertiary alicyclic amines) is 1. The Morgan fingerprint density at radius 2 is 2.00 bits per heavy atom. The lowest BCUT2D eigenvalue weighted by Crippen LogP contribution is -2.35. The molecule has 0 aliphatic carbocycles. The van der Waals surface area contributed by atoms with Crippen molar-refractivity contribution in [1.29, 1.82) is 0 Å². The first-order valence-corrected chi connectivity index (χ1v) is 7.49. The van der Waals surface area contributed by atoms with Gasteiger partial charge in [0.1, 0.15) is 19.3 Å². The monoisotopic (exact) mass is 377 g/mol. The fraction of sp³-hybridized carbons (Fsp3) is 0.500. The molecule has 21 heavy (non-hydrogen) atoms. The Morgan fingerprint density at radius 3 is 2.67 bits per heavy atom. The van der Waals surface area contributed by atoms with Crippen molar-refractivity contribution < 1.29 is 19.4 Å². The first-order chi connectivity index (χ1) is 9.65. The predicted octanol–water partition coefficient (Wildman–Crippen LogP) is 2.69. The molecular weight excluding hydrogens is 362 g/mol. The first kappa shape index (κ1) is 16.4. The summed E-state index contributed by atoms with van der Waals surface area (Å²) in [6.07, 6.45) is 1.65. The summed E-state index contributed by atoms with van der Waals surface area (Å²) in [6, 6.07) is 3.46. The highest BCUT2D eigenvalue weighted by atomic mass is 79.9. The van der Waals surface area contributed by atoms with E-state index >= 15 is 0 Å². The second-order valence-corrected chi connectivity index (χ2v) is 5.91. The Kier molecular flexibility index (Phi) is 5.35. The molecule has 0 saturated carbocycles. The molecular formula is C14H17BrClNO4. The molecule has 1 N–H and O–H groups in total. The number of fused-ring (bicyclic) bond motifs is 1. The highest BCUT2D eigenvalue weighted by molar-refractivity contribution is 9.10. The number of aliphatic carboxylic acids is 1. The molecule has 1 unspecified atom stereocenters. The van der Waals surface area contributed by atoms with E-state index in [0.29, 0.717) is 19.8 Å². The number of carboxylic acid groups (broad SMARTS) is 1. The van der Waals surface area contributed by atoms with E-state index in [9.17, 15) is 9.90 Å². The summed E-state index contributed by atoms with van der Waals surface area (Å²) in [6.45, 7) is 2.54. The van der Waals surface area contributed by atoms with E-state index in [1.54, 1.807) is 0 Å². The van der Waals surface area contributed by atoms with Crippen LogP contribution in [0.5, 0.6) is 11.5 Å². The standard InChI is InChI=1S/C14H16BrNO4.ClH/c15-10-7-13-12(19-4-5-20-13)6-9(10)8-16-3-1-2-11(16)14(17)18;/h6-7,11H,1-5,8H2,(H,17,18);1H. The van der Waals surface area contributed by atoms with E-state index in [1.165, 1.54) is 0 Å². The molecule has 3 rings (SSSR count). The molecule has 1 fully saturated rings. The lowest BCUT2D eigenvalue weighted by atomic mass is 10.1. The molecule has 0 spiro atoms. The second kappa shape index (κ2) is 6.85. The predicted molar refractivity (Wildman–Crippen MR) is 83.4 cm³/mol. The molecule has 1 saturated heterocycles. The number of halogens is 2. The molecule has 5 nitrogen and oxygen atoms in total. The number of carbonyl (C=O) groups is 1. The number of benzene rings is 1. The Hall–Kier alpha value is -0.980. The van der Waals surface area contributed by atoms with Crippen LogP contribution in [-0.2, 0) is 11.3 Å². The number of ether oxygens (including phenoxy) is 2. The van der Waals surface area contributed by atoms with Gasteiger partial charge < -0.3 is 14.6 Å². The van der Waals surface area contributed by atoms with Gasteiger partial charge >= 0.3 is 5.97 Å². The van der Waals surface area contributed by atoms with Gasteiger partial charge in [0.2, 0.25) is 0 Å². The summed E-state index contributed by atoms with van der Waals surface area (Å²) in [4.78, 5) is 13.2.